The molecule has 0 radical (unpaired) electrons. The molecule has 1 aromatic heterocycles. The van der Waals surface area contributed by atoms with Gasteiger partial charge in [-0.15, -0.1) is 0 Å². The fourth-order valence-corrected chi connectivity index (χ4v) is 1.61. The van der Waals surface area contributed by atoms with Gasteiger partial charge in [-0.25, -0.2) is 4.98 Å². The lowest BCUT2D eigenvalue weighted by Gasteiger charge is -2.23. The Morgan fingerprint density at radius 3 is 3.08 bits per heavy atom. The predicted molar refractivity (Wildman–Crippen MR) is 53.5 cm³/mol. The normalized spacial score (nSPS) is 23.0. The van der Waals surface area contributed by atoms with Gasteiger partial charge in [0.1, 0.15) is 4.60 Å². The number of ether oxygens (including phenoxy) is 1. The van der Waals surface area contributed by atoms with Crippen LogP contribution in [-0.4, -0.2) is 24.7 Å². The number of morpholine rings is 1. The van der Waals surface area contributed by atoms with E-state index in [1.54, 1.807) is 0 Å². The van der Waals surface area contributed by atoms with E-state index in [0.717, 1.165) is 24.4 Å². The number of nitrogens with zero attached hydrogens (tertiary/aromatic N) is 1. The lowest BCUT2D eigenvalue weighted by atomic mass is 10.1. The van der Waals surface area contributed by atoms with Gasteiger partial charge in [0.15, 0.2) is 0 Å². The Morgan fingerprint density at radius 2 is 2.46 bits per heavy atom. The molecule has 2 rings (SSSR count). The maximum absolute atomic E-state index is 5.36. The third-order valence-corrected chi connectivity index (χ3v) is 2.54. The van der Waals surface area contributed by atoms with Crippen LogP contribution in [0.3, 0.4) is 0 Å². The Kier molecular flexibility index (Phi) is 2.93. The van der Waals surface area contributed by atoms with E-state index in [9.17, 15) is 0 Å². The highest BCUT2D eigenvalue weighted by Crippen LogP contribution is 2.16. The molecule has 0 aliphatic carbocycles. The Hall–Kier alpha value is -0.450. The standard InChI is InChI=1S/C9H11BrN2O/c10-9-2-1-7(5-12-9)8-6-13-4-3-11-8/h1-2,5,8,11H,3-4,6H2. The van der Waals surface area contributed by atoms with E-state index in [1.807, 2.05) is 12.3 Å². The molecule has 0 bridgehead atoms. The summed E-state index contributed by atoms with van der Waals surface area (Å²) >= 11 is 3.31. The Bertz CT molecular complexity index is 269. The van der Waals surface area contributed by atoms with E-state index < -0.39 is 0 Å². The molecule has 3 nitrogen and oxygen atoms in total. The fourth-order valence-electron chi connectivity index (χ4n) is 1.37. The quantitative estimate of drug-likeness (QED) is 0.759. The van der Waals surface area contributed by atoms with Crippen LogP contribution in [0.4, 0.5) is 0 Å². The molecule has 70 valence electrons. The van der Waals surface area contributed by atoms with Crippen molar-refractivity contribution in [2.24, 2.45) is 0 Å². The zero-order valence-corrected chi connectivity index (χ0v) is 8.75. The Balaban J connectivity index is 2.10. The van der Waals surface area contributed by atoms with Crippen LogP contribution in [0.5, 0.6) is 0 Å². The van der Waals surface area contributed by atoms with Crippen LogP contribution in [0.1, 0.15) is 11.6 Å². The minimum atomic E-state index is 0.300. The number of halogens is 1. The minimum absolute atomic E-state index is 0.300. The van der Waals surface area contributed by atoms with Crippen molar-refractivity contribution in [3.05, 3.63) is 28.5 Å². The van der Waals surface area contributed by atoms with Gasteiger partial charge in [0.25, 0.3) is 0 Å². The third kappa shape index (κ3) is 2.27. The number of pyridine rings is 1. The van der Waals surface area contributed by atoms with Gasteiger partial charge in [-0.2, -0.15) is 0 Å². The average molecular weight is 243 g/mol. The van der Waals surface area contributed by atoms with Gasteiger partial charge in [-0.3, -0.25) is 0 Å². The molecule has 1 fully saturated rings. The summed E-state index contributed by atoms with van der Waals surface area (Å²) in [6.45, 7) is 2.46. The molecule has 1 aliphatic rings. The summed E-state index contributed by atoms with van der Waals surface area (Å²) in [6, 6.07) is 4.31. The molecule has 1 aliphatic heterocycles. The van der Waals surface area contributed by atoms with Gasteiger partial charge >= 0.3 is 0 Å². The molecule has 1 N–H and O–H groups in total. The highest BCUT2D eigenvalue weighted by atomic mass is 79.9. The molecule has 0 amide bonds. The largest absolute Gasteiger partial charge is 0.378 e. The van der Waals surface area contributed by atoms with Crippen LogP contribution in [0.15, 0.2) is 22.9 Å². The topological polar surface area (TPSA) is 34.1 Å². The van der Waals surface area contributed by atoms with E-state index in [-0.39, 0.29) is 0 Å². The molecule has 4 heteroatoms. The zero-order valence-electron chi connectivity index (χ0n) is 7.16. The summed E-state index contributed by atoms with van der Waals surface area (Å²) in [4.78, 5) is 4.18. The van der Waals surface area contributed by atoms with Crippen molar-refractivity contribution in [2.45, 2.75) is 6.04 Å². The van der Waals surface area contributed by atoms with Crippen LogP contribution >= 0.6 is 15.9 Å². The van der Waals surface area contributed by atoms with Crippen molar-refractivity contribution in [1.82, 2.24) is 10.3 Å². The smallest absolute Gasteiger partial charge is 0.106 e. The summed E-state index contributed by atoms with van der Waals surface area (Å²) in [5.41, 5.74) is 1.18. The fraction of sp³-hybridized carbons (Fsp3) is 0.444. The number of hydrogen-bond donors (Lipinski definition) is 1. The van der Waals surface area contributed by atoms with E-state index in [0.29, 0.717) is 6.04 Å². The lowest BCUT2D eigenvalue weighted by molar-refractivity contribution is 0.0768. The molecule has 1 atom stereocenters. The number of nitrogens with one attached hydrogen (secondary N) is 1. The van der Waals surface area contributed by atoms with Crippen molar-refractivity contribution in [3.63, 3.8) is 0 Å². The molecule has 1 aromatic rings. The van der Waals surface area contributed by atoms with Crippen LogP contribution in [-0.2, 0) is 4.74 Å². The van der Waals surface area contributed by atoms with Crippen molar-refractivity contribution in [3.8, 4) is 0 Å². The summed E-state index contributed by atoms with van der Waals surface area (Å²) < 4.78 is 6.23. The molecule has 1 saturated heterocycles. The molecule has 0 aromatic carbocycles. The molecular weight excluding hydrogens is 232 g/mol. The third-order valence-electron chi connectivity index (χ3n) is 2.07. The van der Waals surface area contributed by atoms with E-state index in [1.165, 1.54) is 5.56 Å². The maximum Gasteiger partial charge on any atom is 0.106 e. The highest BCUT2D eigenvalue weighted by Gasteiger charge is 2.14. The second-order valence-electron chi connectivity index (χ2n) is 3.00. The van der Waals surface area contributed by atoms with E-state index in [4.69, 9.17) is 4.74 Å². The van der Waals surface area contributed by atoms with Crippen LogP contribution < -0.4 is 5.32 Å². The van der Waals surface area contributed by atoms with Gasteiger partial charge in [0, 0.05) is 12.7 Å². The monoisotopic (exact) mass is 242 g/mol. The van der Waals surface area contributed by atoms with Crippen molar-refractivity contribution in [1.29, 1.82) is 0 Å². The summed E-state index contributed by atoms with van der Waals surface area (Å²) in [7, 11) is 0. The highest BCUT2D eigenvalue weighted by molar-refractivity contribution is 9.10. The van der Waals surface area contributed by atoms with Gasteiger partial charge in [0.2, 0.25) is 0 Å². The maximum atomic E-state index is 5.36. The molecular formula is C9H11BrN2O. The minimum Gasteiger partial charge on any atom is -0.378 e. The first-order chi connectivity index (χ1) is 6.36. The van der Waals surface area contributed by atoms with Crippen molar-refractivity contribution < 1.29 is 4.74 Å². The lowest BCUT2D eigenvalue weighted by Crippen LogP contribution is -2.34. The zero-order chi connectivity index (χ0) is 9.10. The first-order valence-corrected chi connectivity index (χ1v) is 5.08. The van der Waals surface area contributed by atoms with Gasteiger partial charge in [-0.1, -0.05) is 6.07 Å². The van der Waals surface area contributed by atoms with E-state index in [2.05, 4.69) is 32.3 Å². The van der Waals surface area contributed by atoms with Gasteiger partial charge in [0.05, 0.1) is 19.3 Å². The molecule has 1 unspecified atom stereocenters. The molecule has 0 spiro atoms. The summed E-state index contributed by atoms with van der Waals surface area (Å²) in [5.74, 6) is 0. The van der Waals surface area contributed by atoms with Crippen molar-refractivity contribution in [2.75, 3.05) is 19.8 Å². The second kappa shape index (κ2) is 4.17. The SMILES string of the molecule is Brc1ccc(C2COCCN2)cn1. The number of rotatable bonds is 1. The van der Waals surface area contributed by atoms with Crippen LogP contribution in [0.25, 0.3) is 0 Å². The molecule has 2 heterocycles. The first kappa shape index (κ1) is 9.12. The molecule has 0 saturated carbocycles. The van der Waals surface area contributed by atoms with E-state index >= 15 is 0 Å². The molecule has 13 heavy (non-hydrogen) atoms. The summed E-state index contributed by atoms with van der Waals surface area (Å²) in [5, 5.41) is 3.37. The van der Waals surface area contributed by atoms with Crippen LogP contribution in [0, 0.1) is 0 Å². The second-order valence-corrected chi connectivity index (χ2v) is 3.81. The predicted octanol–water partition coefficient (Wildman–Crippen LogP) is 1.50. The van der Waals surface area contributed by atoms with Crippen LogP contribution in [0.2, 0.25) is 0 Å². The van der Waals surface area contributed by atoms with Gasteiger partial charge in [-0.05, 0) is 27.6 Å². The van der Waals surface area contributed by atoms with Gasteiger partial charge < -0.3 is 10.1 Å². The Labute approximate surface area is 85.6 Å². The Morgan fingerprint density at radius 1 is 1.54 bits per heavy atom. The first-order valence-electron chi connectivity index (χ1n) is 4.29. The number of hydrogen-bond acceptors (Lipinski definition) is 3. The average Bonchev–Trinajstić information content (AvgIpc) is 2.20. The van der Waals surface area contributed by atoms with Crippen molar-refractivity contribution >= 4 is 15.9 Å². The number of aromatic nitrogens is 1. The summed E-state index contributed by atoms with van der Waals surface area (Å²) in [6.07, 6.45) is 1.87.